The van der Waals surface area contributed by atoms with Crippen LogP contribution in [-0.4, -0.2) is 30.3 Å². The first-order valence-corrected chi connectivity index (χ1v) is 13.0. The second-order valence-electron chi connectivity index (χ2n) is 7.06. The average Bonchev–Trinajstić information content (AvgIpc) is 3.16. The van der Waals surface area contributed by atoms with Gasteiger partial charge in [-0.2, -0.15) is 0 Å². The van der Waals surface area contributed by atoms with E-state index in [4.69, 9.17) is 0 Å². The molecule has 0 spiro atoms. The van der Waals surface area contributed by atoms with Crippen LogP contribution in [0.3, 0.4) is 0 Å². The van der Waals surface area contributed by atoms with Gasteiger partial charge in [0.25, 0.3) is 15.9 Å². The van der Waals surface area contributed by atoms with Crippen LogP contribution in [0.4, 0.5) is 10.8 Å². The molecule has 0 saturated carbocycles. The van der Waals surface area contributed by atoms with Crippen molar-refractivity contribution in [3.8, 4) is 0 Å². The predicted molar refractivity (Wildman–Crippen MR) is 127 cm³/mol. The third-order valence-electron chi connectivity index (χ3n) is 4.56. The van der Waals surface area contributed by atoms with Crippen LogP contribution < -0.4 is 10.0 Å². The van der Waals surface area contributed by atoms with Crippen molar-refractivity contribution in [3.63, 3.8) is 0 Å². The Morgan fingerprint density at radius 1 is 1.03 bits per heavy atom. The van der Waals surface area contributed by atoms with Crippen molar-refractivity contribution in [1.29, 1.82) is 0 Å². The molecule has 31 heavy (non-hydrogen) atoms. The maximum Gasteiger partial charge on any atom is 0.262 e. The summed E-state index contributed by atoms with van der Waals surface area (Å²) in [5, 5.41) is 11.1. The molecule has 0 saturated heterocycles. The number of nitrogens with zero attached hydrogens (tertiary/aromatic N) is 2. The minimum Gasteiger partial charge on any atom is -0.296 e. The van der Waals surface area contributed by atoms with E-state index in [0.717, 1.165) is 27.6 Å². The molecule has 1 amide bonds. The van der Waals surface area contributed by atoms with E-state index in [2.05, 4.69) is 27.2 Å². The summed E-state index contributed by atoms with van der Waals surface area (Å²) in [6.07, 6.45) is 1.02. The van der Waals surface area contributed by atoms with E-state index in [9.17, 15) is 13.2 Å². The summed E-state index contributed by atoms with van der Waals surface area (Å²) in [5.41, 5.74) is 3.30. The Morgan fingerprint density at radius 3 is 2.48 bits per heavy atom. The molecule has 1 heterocycles. The number of nitrogens with one attached hydrogen (secondary N) is 2. The number of thioether (sulfide) groups is 1. The van der Waals surface area contributed by atoms with Crippen molar-refractivity contribution in [3.05, 3.63) is 58.7 Å². The molecule has 164 valence electrons. The second kappa shape index (κ2) is 9.80. The Morgan fingerprint density at radius 2 is 1.77 bits per heavy atom. The van der Waals surface area contributed by atoms with Gasteiger partial charge in [-0.3, -0.25) is 14.8 Å². The fourth-order valence-corrected chi connectivity index (χ4v) is 5.72. The van der Waals surface area contributed by atoms with Gasteiger partial charge in [-0.05, 0) is 68.1 Å². The van der Waals surface area contributed by atoms with E-state index in [0.29, 0.717) is 16.4 Å². The fraction of sp³-hybridized carbons (Fsp3) is 0.286. The van der Waals surface area contributed by atoms with Crippen molar-refractivity contribution in [1.82, 2.24) is 10.2 Å². The number of hydrogen-bond donors (Lipinski definition) is 2. The highest BCUT2D eigenvalue weighted by Gasteiger charge is 2.20. The standard InChI is InChI=1S/C21H24N4O3S3/c1-5-10-29-21-24-23-20(30-21)22-19(26)16-8-6-14(3)18(12-16)31(27,28)25-17-9-7-13(2)15(4)11-17/h6-9,11-12,25H,5,10H2,1-4H3,(H,22,23,26). The topological polar surface area (TPSA) is 101 Å². The lowest BCUT2D eigenvalue weighted by Crippen LogP contribution is -2.17. The van der Waals surface area contributed by atoms with E-state index in [1.807, 2.05) is 19.9 Å². The molecular formula is C21H24N4O3S3. The van der Waals surface area contributed by atoms with Gasteiger partial charge in [0.15, 0.2) is 4.34 Å². The number of rotatable bonds is 8. The van der Waals surface area contributed by atoms with Crippen molar-refractivity contribution in [2.75, 3.05) is 15.8 Å². The van der Waals surface area contributed by atoms with Crippen molar-refractivity contribution in [2.24, 2.45) is 0 Å². The zero-order valence-electron chi connectivity index (χ0n) is 17.7. The highest BCUT2D eigenvalue weighted by Crippen LogP contribution is 2.27. The van der Waals surface area contributed by atoms with Crippen LogP contribution in [0.2, 0.25) is 0 Å². The fourth-order valence-electron chi connectivity index (χ4n) is 2.72. The third kappa shape index (κ3) is 5.84. The molecule has 2 N–H and O–H groups in total. The van der Waals surface area contributed by atoms with Crippen molar-refractivity contribution >= 4 is 49.8 Å². The Kier molecular flexibility index (Phi) is 7.34. The summed E-state index contributed by atoms with van der Waals surface area (Å²) in [6.45, 7) is 7.65. The monoisotopic (exact) mass is 476 g/mol. The molecule has 0 unspecified atom stereocenters. The van der Waals surface area contributed by atoms with Crippen LogP contribution in [0, 0.1) is 20.8 Å². The Balaban J connectivity index is 1.80. The van der Waals surface area contributed by atoms with Gasteiger partial charge in [-0.15, -0.1) is 10.2 Å². The normalized spacial score (nSPS) is 11.4. The summed E-state index contributed by atoms with van der Waals surface area (Å²) in [4.78, 5) is 12.7. The quantitative estimate of drug-likeness (QED) is 0.350. The molecule has 0 aliphatic rings. The number of carbonyl (C=O) groups is 1. The average molecular weight is 477 g/mol. The zero-order valence-corrected chi connectivity index (χ0v) is 20.2. The Hall–Kier alpha value is -2.43. The number of hydrogen-bond acceptors (Lipinski definition) is 7. The SMILES string of the molecule is CCCSc1nnc(NC(=O)c2ccc(C)c(S(=O)(=O)Nc3ccc(C)c(C)c3)c2)s1. The second-order valence-corrected chi connectivity index (χ2v) is 11.0. The smallest absolute Gasteiger partial charge is 0.262 e. The number of aryl methyl sites for hydroxylation is 3. The van der Waals surface area contributed by atoms with Crippen LogP contribution in [0.15, 0.2) is 45.6 Å². The Labute approximate surface area is 190 Å². The molecule has 3 rings (SSSR count). The number of aromatic nitrogens is 2. The van der Waals surface area contributed by atoms with Crippen LogP contribution in [-0.2, 0) is 10.0 Å². The molecule has 0 fully saturated rings. The summed E-state index contributed by atoms with van der Waals surface area (Å²) >= 11 is 2.87. The van der Waals surface area contributed by atoms with Crippen LogP contribution in [0.25, 0.3) is 0 Å². The Bertz CT molecular complexity index is 1210. The van der Waals surface area contributed by atoms with Gasteiger partial charge in [-0.25, -0.2) is 8.42 Å². The number of anilines is 2. The predicted octanol–water partition coefficient (Wildman–Crippen LogP) is 5.02. The van der Waals surface area contributed by atoms with Gasteiger partial charge < -0.3 is 0 Å². The van der Waals surface area contributed by atoms with Gasteiger partial charge in [0.2, 0.25) is 5.13 Å². The van der Waals surface area contributed by atoms with E-state index in [1.54, 1.807) is 43.0 Å². The molecule has 2 aromatic carbocycles. The molecule has 3 aromatic rings. The van der Waals surface area contributed by atoms with E-state index in [1.165, 1.54) is 17.4 Å². The van der Waals surface area contributed by atoms with Gasteiger partial charge in [-0.1, -0.05) is 42.2 Å². The summed E-state index contributed by atoms with van der Waals surface area (Å²) in [5.74, 6) is 0.487. The number of sulfonamides is 1. The lowest BCUT2D eigenvalue weighted by atomic mass is 10.1. The van der Waals surface area contributed by atoms with Crippen LogP contribution in [0.1, 0.15) is 40.4 Å². The number of carbonyl (C=O) groups excluding carboxylic acids is 1. The molecule has 0 bridgehead atoms. The highest BCUT2D eigenvalue weighted by atomic mass is 32.2. The van der Waals surface area contributed by atoms with E-state index >= 15 is 0 Å². The minimum atomic E-state index is -3.87. The van der Waals surface area contributed by atoms with E-state index in [-0.39, 0.29) is 10.5 Å². The maximum absolute atomic E-state index is 13.0. The van der Waals surface area contributed by atoms with E-state index < -0.39 is 15.9 Å². The molecule has 0 aliphatic heterocycles. The van der Waals surface area contributed by atoms with Gasteiger partial charge >= 0.3 is 0 Å². The first-order chi connectivity index (χ1) is 14.7. The molecule has 0 atom stereocenters. The lowest BCUT2D eigenvalue weighted by molar-refractivity contribution is 0.102. The summed E-state index contributed by atoms with van der Waals surface area (Å²) < 4.78 is 29.4. The lowest BCUT2D eigenvalue weighted by Gasteiger charge is -2.13. The van der Waals surface area contributed by atoms with Gasteiger partial charge in [0.05, 0.1) is 4.90 Å². The summed E-state index contributed by atoms with van der Waals surface area (Å²) in [6, 6.07) is 9.94. The molecule has 0 aliphatic carbocycles. The van der Waals surface area contributed by atoms with Crippen LogP contribution >= 0.6 is 23.1 Å². The van der Waals surface area contributed by atoms with Gasteiger partial charge in [0, 0.05) is 17.0 Å². The number of benzene rings is 2. The first-order valence-electron chi connectivity index (χ1n) is 9.68. The maximum atomic E-state index is 13.0. The zero-order chi connectivity index (χ0) is 22.6. The van der Waals surface area contributed by atoms with Crippen molar-refractivity contribution < 1.29 is 13.2 Å². The van der Waals surface area contributed by atoms with Crippen LogP contribution in [0.5, 0.6) is 0 Å². The molecule has 10 heteroatoms. The largest absolute Gasteiger partial charge is 0.296 e. The molecular weight excluding hydrogens is 452 g/mol. The first kappa shape index (κ1) is 23.2. The van der Waals surface area contributed by atoms with Gasteiger partial charge in [0.1, 0.15) is 0 Å². The molecule has 0 radical (unpaired) electrons. The number of amides is 1. The summed E-state index contributed by atoms with van der Waals surface area (Å²) in [7, 11) is -3.87. The molecule has 7 nitrogen and oxygen atoms in total. The highest BCUT2D eigenvalue weighted by molar-refractivity contribution is 8.01. The third-order valence-corrected chi connectivity index (χ3v) is 8.26. The minimum absolute atomic E-state index is 0.0508. The van der Waals surface area contributed by atoms with Crippen molar-refractivity contribution in [2.45, 2.75) is 43.4 Å². The molecule has 1 aromatic heterocycles.